The molecule has 0 aromatic heterocycles. The number of rotatable bonds is 10. The maximum Gasteiger partial charge on any atom is 0.253 e. The summed E-state index contributed by atoms with van der Waals surface area (Å²) in [6.07, 6.45) is 4.45. The molecule has 0 spiro atoms. The van der Waals surface area contributed by atoms with Gasteiger partial charge < -0.3 is 15.5 Å². The lowest BCUT2D eigenvalue weighted by molar-refractivity contribution is -0.120. The van der Waals surface area contributed by atoms with Crippen molar-refractivity contribution in [2.24, 2.45) is 0 Å². The van der Waals surface area contributed by atoms with Gasteiger partial charge in [-0.15, -0.1) is 0 Å². The summed E-state index contributed by atoms with van der Waals surface area (Å²) in [7, 11) is 3.50. The Kier molecular flexibility index (Phi) is 8.36. The number of nitrogens with one attached hydrogen (secondary N) is 2. The fraction of sp³-hybridized carbons (Fsp3) is 0.364. The average Bonchev–Trinajstić information content (AvgIpc) is 2.71. The van der Waals surface area contributed by atoms with E-state index < -0.39 is 0 Å². The molecule has 0 aliphatic rings. The standard InChI is InChI=1S/C22H29N3O2/c1-23-21(26)12-8-3-4-9-17-25(2)22(27)18-13-15-20(16-14-18)24-19-10-6-5-7-11-19/h5-7,10-11,13-16,24H,3-4,8-9,12,17H2,1-2H3,(H,23,26). The molecule has 2 rings (SSSR count). The first-order valence-corrected chi connectivity index (χ1v) is 9.48. The highest BCUT2D eigenvalue weighted by Crippen LogP contribution is 2.17. The number of carbonyl (C=O) groups is 2. The van der Waals surface area contributed by atoms with Crippen molar-refractivity contribution in [3.63, 3.8) is 0 Å². The lowest BCUT2D eigenvalue weighted by atomic mass is 10.1. The summed E-state index contributed by atoms with van der Waals surface area (Å²) in [6, 6.07) is 17.5. The number of para-hydroxylation sites is 1. The van der Waals surface area contributed by atoms with Crippen LogP contribution in [0, 0.1) is 0 Å². The molecule has 0 bridgehead atoms. The van der Waals surface area contributed by atoms with Crippen LogP contribution in [0.25, 0.3) is 0 Å². The van der Waals surface area contributed by atoms with Gasteiger partial charge >= 0.3 is 0 Å². The third-order valence-electron chi connectivity index (χ3n) is 4.47. The van der Waals surface area contributed by atoms with Crippen LogP contribution in [-0.2, 0) is 4.79 Å². The highest BCUT2D eigenvalue weighted by molar-refractivity contribution is 5.94. The molecule has 0 unspecified atom stereocenters. The van der Waals surface area contributed by atoms with Gasteiger partial charge in [-0.3, -0.25) is 9.59 Å². The molecular weight excluding hydrogens is 338 g/mol. The largest absolute Gasteiger partial charge is 0.359 e. The minimum Gasteiger partial charge on any atom is -0.359 e. The highest BCUT2D eigenvalue weighted by Gasteiger charge is 2.11. The van der Waals surface area contributed by atoms with E-state index in [1.165, 1.54) is 0 Å². The van der Waals surface area contributed by atoms with E-state index in [9.17, 15) is 9.59 Å². The van der Waals surface area contributed by atoms with Crippen LogP contribution in [0.15, 0.2) is 54.6 Å². The lowest BCUT2D eigenvalue weighted by Crippen LogP contribution is -2.27. The molecule has 0 atom stereocenters. The number of anilines is 2. The van der Waals surface area contributed by atoms with Crippen molar-refractivity contribution in [2.75, 3.05) is 26.0 Å². The topological polar surface area (TPSA) is 61.4 Å². The van der Waals surface area contributed by atoms with Gasteiger partial charge in [0, 0.05) is 44.0 Å². The molecule has 144 valence electrons. The van der Waals surface area contributed by atoms with E-state index in [4.69, 9.17) is 0 Å². The average molecular weight is 367 g/mol. The maximum atomic E-state index is 12.5. The molecule has 5 nitrogen and oxygen atoms in total. The van der Waals surface area contributed by atoms with Gasteiger partial charge in [0.25, 0.3) is 5.91 Å². The lowest BCUT2D eigenvalue weighted by Gasteiger charge is -2.17. The summed E-state index contributed by atoms with van der Waals surface area (Å²) in [5.41, 5.74) is 2.66. The first-order valence-electron chi connectivity index (χ1n) is 9.48. The highest BCUT2D eigenvalue weighted by atomic mass is 16.2. The van der Waals surface area contributed by atoms with Crippen LogP contribution in [0.5, 0.6) is 0 Å². The van der Waals surface area contributed by atoms with Crippen LogP contribution in [0.4, 0.5) is 11.4 Å². The molecule has 5 heteroatoms. The smallest absolute Gasteiger partial charge is 0.253 e. The van der Waals surface area contributed by atoms with Gasteiger partial charge in [-0.25, -0.2) is 0 Å². The van der Waals surface area contributed by atoms with E-state index in [-0.39, 0.29) is 11.8 Å². The van der Waals surface area contributed by atoms with Gasteiger partial charge in [0.1, 0.15) is 0 Å². The van der Waals surface area contributed by atoms with E-state index in [0.29, 0.717) is 12.0 Å². The zero-order valence-corrected chi connectivity index (χ0v) is 16.2. The second-order valence-electron chi connectivity index (χ2n) is 6.63. The maximum absolute atomic E-state index is 12.5. The molecule has 2 amide bonds. The molecule has 0 aliphatic heterocycles. The zero-order chi connectivity index (χ0) is 19.5. The Labute approximate surface area is 161 Å². The molecule has 0 heterocycles. The van der Waals surface area contributed by atoms with Crippen molar-refractivity contribution in [1.29, 1.82) is 0 Å². The number of unbranched alkanes of at least 4 members (excludes halogenated alkanes) is 3. The Hall–Kier alpha value is -2.82. The van der Waals surface area contributed by atoms with Gasteiger partial charge in [-0.05, 0) is 49.2 Å². The number of hydrogen-bond donors (Lipinski definition) is 2. The number of carbonyl (C=O) groups excluding carboxylic acids is 2. The molecule has 0 aliphatic carbocycles. The van der Waals surface area contributed by atoms with Crippen LogP contribution in [0.3, 0.4) is 0 Å². The predicted molar refractivity (Wildman–Crippen MR) is 110 cm³/mol. The van der Waals surface area contributed by atoms with E-state index >= 15 is 0 Å². The molecule has 0 fully saturated rings. The molecule has 2 N–H and O–H groups in total. The van der Waals surface area contributed by atoms with E-state index in [2.05, 4.69) is 10.6 Å². The van der Waals surface area contributed by atoms with Crippen molar-refractivity contribution < 1.29 is 9.59 Å². The number of hydrogen-bond acceptors (Lipinski definition) is 3. The number of amides is 2. The van der Waals surface area contributed by atoms with Gasteiger partial charge in [-0.2, -0.15) is 0 Å². The molecule has 2 aromatic carbocycles. The summed E-state index contributed by atoms with van der Waals surface area (Å²) >= 11 is 0. The van der Waals surface area contributed by atoms with Crippen molar-refractivity contribution in [3.8, 4) is 0 Å². The van der Waals surface area contributed by atoms with Gasteiger partial charge in [-0.1, -0.05) is 31.0 Å². The summed E-state index contributed by atoms with van der Waals surface area (Å²) in [5.74, 6) is 0.124. The minimum absolute atomic E-state index is 0.0339. The third-order valence-corrected chi connectivity index (χ3v) is 4.47. The summed E-state index contributed by atoms with van der Waals surface area (Å²) in [5, 5.41) is 5.94. The quantitative estimate of drug-likeness (QED) is 0.619. The van der Waals surface area contributed by atoms with Crippen molar-refractivity contribution in [3.05, 3.63) is 60.2 Å². The Morgan fingerprint density at radius 3 is 2.15 bits per heavy atom. The number of nitrogens with zero attached hydrogens (tertiary/aromatic N) is 1. The first-order chi connectivity index (χ1) is 13.1. The normalized spacial score (nSPS) is 10.3. The van der Waals surface area contributed by atoms with Crippen molar-refractivity contribution >= 4 is 23.2 Å². The van der Waals surface area contributed by atoms with Crippen molar-refractivity contribution in [2.45, 2.75) is 32.1 Å². The van der Waals surface area contributed by atoms with Crippen LogP contribution < -0.4 is 10.6 Å². The molecule has 0 radical (unpaired) electrons. The molecule has 0 saturated carbocycles. The van der Waals surface area contributed by atoms with Crippen LogP contribution in [0.2, 0.25) is 0 Å². The van der Waals surface area contributed by atoms with Crippen LogP contribution in [0.1, 0.15) is 42.5 Å². The van der Waals surface area contributed by atoms with Crippen molar-refractivity contribution in [1.82, 2.24) is 10.2 Å². The zero-order valence-electron chi connectivity index (χ0n) is 16.2. The second-order valence-corrected chi connectivity index (χ2v) is 6.63. The Morgan fingerprint density at radius 2 is 1.48 bits per heavy atom. The van der Waals surface area contributed by atoms with Gasteiger partial charge in [0.15, 0.2) is 0 Å². The molecular formula is C22H29N3O2. The Bertz CT molecular complexity index is 714. The van der Waals surface area contributed by atoms with Crippen LogP contribution >= 0.6 is 0 Å². The van der Waals surface area contributed by atoms with E-state index in [0.717, 1.165) is 43.6 Å². The summed E-state index contributed by atoms with van der Waals surface area (Å²) in [4.78, 5) is 25.4. The predicted octanol–water partition coefficient (Wildman–Crippen LogP) is 4.20. The van der Waals surface area contributed by atoms with Crippen LogP contribution in [-0.4, -0.2) is 37.4 Å². The second kappa shape index (κ2) is 11.0. The Morgan fingerprint density at radius 1 is 0.852 bits per heavy atom. The first kappa shape index (κ1) is 20.5. The summed E-state index contributed by atoms with van der Waals surface area (Å²) < 4.78 is 0. The van der Waals surface area contributed by atoms with Gasteiger partial charge in [0.2, 0.25) is 5.91 Å². The van der Waals surface area contributed by atoms with E-state index in [1.807, 2.05) is 61.6 Å². The minimum atomic E-state index is 0.0339. The fourth-order valence-corrected chi connectivity index (χ4v) is 2.82. The summed E-state index contributed by atoms with van der Waals surface area (Å²) in [6.45, 7) is 0.725. The van der Waals surface area contributed by atoms with Gasteiger partial charge in [0.05, 0.1) is 0 Å². The Balaban J connectivity index is 1.73. The SMILES string of the molecule is CNC(=O)CCCCCCN(C)C(=O)c1ccc(Nc2ccccc2)cc1. The third kappa shape index (κ3) is 7.13. The number of benzene rings is 2. The monoisotopic (exact) mass is 367 g/mol. The van der Waals surface area contributed by atoms with E-state index in [1.54, 1.807) is 11.9 Å². The fourth-order valence-electron chi connectivity index (χ4n) is 2.82. The molecule has 0 saturated heterocycles. The molecule has 2 aromatic rings. The molecule has 27 heavy (non-hydrogen) atoms.